The molecule has 0 amide bonds. The van der Waals surface area contributed by atoms with Crippen LogP contribution in [0, 0.1) is 5.92 Å². The van der Waals surface area contributed by atoms with Crippen LogP contribution in [0.25, 0.3) is 55.0 Å². The van der Waals surface area contributed by atoms with Gasteiger partial charge >= 0.3 is 0 Å². The van der Waals surface area contributed by atoms with E-state index in [1.54, 1.807) is 0 Å². The molecule has 1 aliphatic carbocycles. The summed E-state index contributed by atoms with van der Waals surface area (Å²) in [5, 5.41) is 5.58. The first-order chi connectivity index (χ1) is 20.7. The monoisotopic (exact) mass is 543 g/mol. The smallest absolute Gasteiger partial charge is 0.235 e. The molecule has 1 unspecified atom stereocenters. The van der Waals surface area contributed by atoms with Crippen LogP contribution in [0.1, 0.15) is 19.0 Å². The predicted octanol–water partition coefficient (Wildman–Crippen LogP) is 9.76. The number of hydrogen-bond acceptors (Lipinski definition) is 4. The summed E-state index contributed by atoms with van der Waals surface area (Å²) < 4.78 is 15.1. The van der Waals surface area contributed by atoms with E-state index in [0.717, 1.165) is 50.4 Å². The second-order valence-corrected chi connectivity index (χ2v) is 11.1. The van der Waals surface area contributed by atoms with Gasteiger partial charge in [0.1, 0.15) is 5.52 Å². The maximum Gasteiger partial charge on any atom is 0.235 e. The molecule has 0 bridgehead atoms. The van der Waals surface area contributed by atoms with Gasteiger partial charge in [0.2, 0.25) is 5.95 Å². The van der Waals surface area contributed by atoms with Crippen molar-refractivity contribution < 1.29 is 9.47 Å². The Morgan fingerprint density at radius 3 is 2.38 bits per heavy atom. The predicted molar refractivity (Wildman–Crippen MR) is 169 cm³/mol. The van der Waals surface area contributed by atoms with E-state index in [9.17, 15) is 0 Å². The van der Waals surface area contributed by atoms with Crippen LogP contribution in [0.3, 0.4) is 0 Å². The van der Waals surface area contributed by atoms with Gasteiger partial charge in [-0.2, -0.15) is 0 Å². The maximum absolute atomic E-state index is 6.62. The summed E-state index contributed by atoms with van der Waals surface area (Å²) >= 11 is 0. The molecule has 0 spiro atoms. The Balaban J connectivity index is 1.42. The Morgan fingerprint density at radius 2 is 1.50 bits per heavy atom. The molecule has 2 aromatic heterocycles. The van der Waals surface area contributed by atoms with E-state index >= 15 is 0 Å². The number of nitrogens with zero attached hydrogens (tertiary/aromatic N) is 3. The Kier molecular flexibility index (Phi) is 4.88. The Hall–Kier alpha value is -5.42. The molecule has 5 heteroatoms. The van der Waals surface area contributed by atoms with Crippen LogP contribution in [0.2, 0.25) is 0 Å². The molecule has 3 heterocycles. The van der Waals surface area contributed by atoms with Crippen LogP contribution in [-0.2, 0) is 0 Å². The minimum atomic E-state index is 0.444. The minimum Gasteiger partial charge on any atom is -0.449 e. The van der Waals surface area contributed by atoms with Crippen molar-refractivity contribution >= 4 is 49.1 Å². The van der Waals surface area contributed by atoms with E-state index in [0.29, 0.717) is 34.9 Å². The number of ether oxygens (including phenoxy) is 2. The lowest BCUT2D eigenvalue weighted by molar-refractivity contribution is 0.362. The number of para-hydroxylation sites is 3. The van der Waals surface area contributed by atoms with Gasteiger partial charge in [0.05, 0.1) is 16.7 Å². The summed E-state index contributed by atoms with van der Waals surface area (Å²) in [6, 6.07) is 33.0. The SMILES string of the molecule is CC1C=C(c2nc(-n3c4ccc5ccccc5c4c4ccc5c(c43)Oc3ccccc3O5)nc3ccccc23)C=CC1. The molecular formula is C37H25N3O2. The molecule has 1 aliphatic heterocycles. The highest BCUT2D eigenvalue weighted by atomic mass is 16.6. The molecule has 0 fully saturated rings. The summed E-state index contributed by atoms with van der Waals surface area (Å²) in [4.78, 5) is 10.5. The lowest BCUT2D eigenvalue weighted by Gasteiger charge is -2.22. The van der Waals surface area contributed by atoms with E-state index in [4.69, 9.17) is 19.4 Å². The molecule has 5 nitrogen and oxygen atoms in total. The molecule has 2 aliphatic rings. The fraction of sp³-hybridized carbons (Fsp3) is 0.0811. The molecule has 200 valence electrons. The van der Waals surface area contributed by atoms with Gasteiger partial charge < -0.3 is 9.47 Å². The van der Waals surface area contributed by atoms with Gasteiger partial charge in [0.15, 0.2) is 23.0 Å². The lowest BCUT2D eigenvalue weighted by Crippen LogP contribution is -2.07. The molecule has 0 saturated heterocycles. The van der Waals surface area contributed by atoms with E-state index < -0.39 is 0 Å². The van der Waals surface area contributed by atoms with Gasteiger partial charge in [-0.05, 0) is 65.1 Å². The number of fused-ring (bicyclic) bond motifs is 9. The minimum absolute atomic E-state index is 0.444. The fourth-order valence-corrected chi connectivity index (χ4v) is 6.44. The van der Waals surface area contributed by atoms with Crippen molar-refractivity contribution in [1.29, 1.82) is 0 Å². The van der Waals surface area contributed by atoms with Crippen molar-refractivity contribution in [3.8, 4) is 28.9 Å². The summed E-state index contributed by atoms with van der Waals surface area (Å²) in [7, 11) is 0. The van der Waals surface area contributed by atoms with Gasteiger partial charge in [-0.25, -0.2) is 9.97 Å². The van der Waals surface area contributed by atoms with E-state index in [1.807, 2.05) is 36.4 Å². The van der Waals surface area contributed by atoms with Crippen LogP contribution >= 0.6 is 0 Å². The average Bonchev–Trinajstić information content (AvgIpc) is 3.39. The zero-order chi connectivity index (χ0) is 27.8. The Bertz CT molecular complexity index is 2310. The topological polar surface area (TPSA) is 49.2 Å². The highest BCUT2D eigenvalue weighted by Gasteiger charge is 2.27. The third kappa shape index (κ3) is 3.37. The summed E-state index contributed by atoms with van der Waals surface area (Å²) in [5.74, 6) is 3.76. The van der Waals surface area contributed by atoms with E-state index in [1.165, 1.54) is 10.8 Å². The molecule has 9 rings (SSSR count). The van der Waals surface area contributed by atoms with Crippen molar-refractivity contribution in [3.63, 3.8) is 0 Å². The van der Waals surface area contributed by atoms with Crippen LogP contribution in [0.4, 0.5) is 0 Å². The molecule has 1 atom stereocenters. The fourth-order valence-electron chi connectivity index (χ4n) is 6.44. The molecule has 7 aromatic rings. The number of aromatic nitrogens is 3. The van der Waals surface area contributed by atoms with Crippen molar-refractivity contribution in [2.45, 2.75) is 13.3 Å². The van der Waals surface area contributed by atoms with Crippen molar-refractivity contribution in [2.75, 3.05) is 0 Å². The molecule has 5 aromatic carbocycles. The first kappa shape index (κ1) is 23.3. The first-order valence-corrected chi connectivity index (χ1v) is 14.3. The number of rotatable bonds is 2. The van der Waals surface area contributed by atoms with Gasteiger partial charge in [0.25, 0.3) is 0 Å². The quantitative estimate of drug-likeness (QED) is 0.218. The molecular weight excluding hydrogens is 518 g/mol. The Morgan fingerprint density at radius 1 is 0.714 bits per heavy atom. The summed E-state index contributed by atoms with van der Waals surface area (Å²) in [5.41, 5.74) is 4.85. The van der Waals surface area contributed by atoms with Crippen LogP contribution in [-0.4, -0.2) is 14.5 Å². The highest BCUT2D eigenvalue weighted by molar-refractivity contribution is 6.22. The van der Waals surface area contributed by atoms with Gasteiger partial charge in [-0.1, -0.05) is 85.8 Å². The molecule has 0 N–H and O–H groups in total. The lowest BCUT2D eigenvalue weighted by atomic mass is 9.94. The van der Waals surface area contributed by atoms with Crippen molar-refractivity contribution in [3.05, 3.63) is 121 Å². The number of benzene rings is 5. The van der Waals surface area contributed by atoms with Gasteiger partial charge in [0, 0.05) is 16.2 Å². The van der Waals surface area contributed by atoms with E-state index in [2.05, 4.69) is 90.4 Å². The largest absolute Gasteiger partial charge is 0.449 e. The van der Waals surface area contributed by atoms with Crippen LogP contribution in [0.15, 0.2) is 115 Å². The second kappa shape index (κ2) is 8.79. The summed E-state index contributed by atoms with van der Waals surface area (Å²) in [6.45, 7) is 2.24. The van der Waals surface area contributed by atoms with E-state index in [-0.39, 0.29) is 0 Å². The van der Waals surface area contributed by atoms with Crippen LogP contribution in [0.5, 0.6) is 23.0 Å². The number of hydrogen-bond donors (Lipinski definition) is 0. The highest BCUT2D eigenvalue weighted by Crippen LogP contribution is 2.51. The van der Waals surface area contributed by atoms with Crippen LogP contribution < -0.4 is 9.47 Å². The third-order valence-electron chi connectivity index (χ3n) is 8.35. The zero-order valence-corrected chi connectivity index (χ0v) is 22.9. The Labute approximate surface area is 242 Å². The van der Waals surface area contributed by atoms with Crippen molar-refractivity contribution in [1.82, 2.24) is 14.5 Å². The first-order valence-electron chi connectivity index (χ1n) is 14.3. The molecule has 42 heavy (non-hydrogen) atoms. The average molecular weight is 544 g/mol. The second-order valence-electron chi connectivity index (χ2n) is 11.1. The summed E-state index contributed by atoms with van der Waals surface area (Å²) in [6.07, 6.45) is 7.77. The number of allylic oxidation sites excluding steroid dienone is 4. The van der Waals surface area contributed by atoms with Gasteiger partial charge in [-0.3, -0.25) is 4.57 Å². The normalized spacial score (nSPS) is 15.8. The van der Waals surface area contributed by atoms with Gasteiger partial charge in [-0.15, -0.1) is 0 Å². The molecule has 0 saturated carbocycles. The zero-order valence-electron chi connectivity index (χ0n) is 22.9. The molecule has 0 radical (unpaired) electrons. The third-order valence-corrected chi connectivity index (χ3v) is 8.35. The standard InChI is InChI=1S/C37H25N3O2/c1-22-9-8-11-24(21-22)34-26-13-4-5-14-28(26)38-37(39-34)40-29-19-17-23-10-2-3-12-25(23)33(29)27-18-20-32-36(35(27)40)42-31-16-7-6-15-30(31)41-32/h2-8,10-22H,9H2,1H3. The maximum atomic E-state index is 6.62. The van der Waals surface area contributed by atoms with Crippen molar-refractivity contribution in [2.24, 2.45) is 5.92 Å².